The van der Waals surface area contributed by atoms with Gasteiger partial charge < -0.3 is 0 Å². The lowest BCUT2D eigenvalue weighted by molar-refractivity contribution is -0.387. The van der Waals surface area contributed by atoms with E-state index in [9.17, 15) is 18.5 Å². The maximum absolute atomic E-state index is 12.9. The Morgan fingerprint density at radius 3 is 2.60 bits per heavy atom. The zero-order valence-electron chi connectivity index (χ0n) is 13.6. The van der Waals surface area contributed by atoms with Crippen LogP contribution >= 0.6 is 11.6 Å². The van der Waals surface area contributed by atoms with Crippen LogP contribution in [0.5, 0.6) is 0 Å². The third kappa shape index (κ3) is 4.75. The van der Waals surface area contributed by atoms with Gasteiger partial charge in [0.25, 0.3) is 5.69 Å². The van der Waals surface area contributed by atoms with Gasteiger partial charge in [0.05, 0.1) is 4.92 Å². The molecule has 9 heteroatoms. The van der Waals surface area contributed by atoms with Crippen molar-refractivity contribution in [3.8, 4) is 0 Å². The van der Waals surface area contributed by atoms with E-state index in [0.29, 0.717) is 12.8 Å². The van der Waals surface area contributed by atoms with Gasteiger partial charge >= 0.3 is 0 Å². The first-order chi connectivity index (χ1) is 11.9. The molecule has 0 N–H and O–H groups in total. The highest BCUT2D eigenvalue weighted by Gasteiger charge is 2.31. The molecule has 1 aromatic carbocycles. The molecule has 7 nitrogen and oxygen atoms in total. The van der Waals surface area contributed by atoms with Crippen LogP contribution in [0.4, 0.5) is 5.69 Å². The van der Waals surface area contributed by atoms with E-state index >= 15 is 0 Å². The van der Waals surface area contributed by atoms with Gasteiger partial charge in [-0.15, -0.1) is 0 Å². The minimum Gasteiger partial charge on any atom is -0.261 e. The van der Waals surface area contributed by atoms with Crippen molar-refractivity contribution in [3.05, 3.63) is 63.4 Å². The normalized spacial score (nSPS) is 11.6. The first-order valence-corrected chi connectivity index (χ1v) is 9.52. The Labute approximate surface area is 151 Å². The van der Waals surface area contributed by atoms with Crippen LogP contribution < -0.4 is 0 Å². The van der Waals surface area contributed by atoms with Crippen molar-refractivity contribution in [2.45, 2.75) is 24.7 Å². The molecule has 0 saturated carbocycles. The topological polar surface area (TPSA) is 93.4 Å². The number of pyridine rings is 1. The Kier molecular flexibility index (Phi) is 6.46. The number of nitro benzene ring substituents is 1. The number of aromatic nitrogens is 1. The summed E-state index contributed by atoms with van der Waals surface area (Å²) in [6.07, 6.45) is 2.64. The van der Waals surface area contributed by atoms with Crippen LogP contribution in [0.15, 0.2) is 47.5 Å². The molecule has 0 bridgehead atoms. The first-order valence-electron chi connectivity index (χ1n) is 7.70. The number of benzene rings is 1. The molecule has 25 heavy (non-hydrogen) atoms. The summed E-state index contributed by atoms with van der Waals surface area (Å²) in [6.45, 7) is 2.29. The molecule has 0 aliphatic carbocycles. The average Bonchev–Trinajstić information content (AvgIpc) is 2.59. The van der Waals surface area contributed by atoms with Crippen molar-refractivity contribution in [2.75, 3.05) is 13.1 Å². The zero-order chi connectivity index (χ0) is 18.4. The summed E-state index contributed by atoms with van der Waals surface area (Å²) in [5.74, 6) is 0. The second kappa shape index (κ2) is 8.37. The Bertz CT molecular complexity index is 844. The van der Waals surface area contributed by atoms with Crippen LogP contribution in [0.2, 0.25) is 5.02 Å². The summed E-state index contributed by atoms with van der Waals surface area (Å²) in [5.41, 5.74) is 0.232. The Morgan fingerprint density at radius 2 is 2.00 bits per heavy atom. The summed E-state index contributed by atoms with van der Waals surface area (Å²) in [6, 6.07) is 8.98. The van der Waals surface area contributed by atoms with E-state index in [0.717, 1.165) is 11.8 Å². The smallest absolute Gasteiger partial charge is 0.261 e. The molecule has 0 unspecified atom stereocenters. The van der Waals surface area contributed by atoms with Gasteiger partial charge in [-0.3, -0.25) is 15.1 Å². The van der Waals surface area contributed by atoms with Crippen LogP contribution in [-0.4, -0.2) is 35.7 Å². The second-order valence-corrected chi connectivity index (χ2v) is 7.69. The fraction of sp³-hybridized carbons (Fsp3) is 0.312. The van der Waals surface area contributed by atoms with E-state index in [4.69, 9.17) is 11.6 Å². The molecular formula is C16H18ClN3O4S. The molecule has 134 valence electrons. The highest BCUT2D eigenvalue weighted by Crippen LogP contribution is 2.29. The third-order valence-electron chi connectivity index (χ3n) is 3.55. The van der Waals surface area contributed by atoms with Gasteiger partial charge in [0.2, 0.25) is 10.0 Å². The molecule has 0 aliphatic rings. The second-order valence-electron chi connectivity index (χ2n) is 5.34. The zero-order valence-corrected chi connectivity index (χ0v) is 15.2. The molecule has 1 aromatic heterocycles. The molecule has 0 aliphatic heterocycles. The minimum absolute atomic E-state index is 0.112. The first kappa shape index (κ1) is 19.3. The molecule has 0 radical (unpaired) electrons. The van der Waals surface area contributed by atoms with E-state index in [1.165, 1.54) is 16.4 Å². The largest absolute Gasteiger partial charge is 0.290 e. The van der Waals surface area contributed by atoms with Gasteiger partial charge in [-0.05, 0) is 30.7 Å². The predicted molar refractivity (Wildman–Crippen MR) is 95.1 cm³/mol. The monoisotopic (exact) mass is 383 g/mol. The SMILES string of the molecule is CCCN(CCc1ccccn1)S(=O)(=O)c1ccc(Cl)cc1[N+](=O)[O-]. The number of hydrogen-bond donors (Lipinski definition) is 0. The number of nitro groups is 1. The van der Waals surface area contributed by atoms with Crippen LogP contribution in [0, 0.1) is 10.1 Å². The maximum Gasteiger partial charge on any atom is 0.290 e. The molecule has 2 rings (SSSR count). The lowest BCUT2D eigenvalue weighted by Gasteiger charge is -2.21. The van der Waals surface area contributed by atoms with Crippen LogP contribution in [0.1, 0.15) is 19.0 Å². The van der Waals surface area contributed by atoms with Crippen molar-refractivity contribution in [1.29, 1.82) is 0 Å². The minimum atomic E-state index is -4.02. The average molecular weight is 384 g/mol. The van der Waals surface area contributed by atoms with Gasteiger partial charge in [0.1, 0.15) is 0 Å². The fourth-order valence-electron chi connectivity index (χ4n) is 2.38. The standard InChI is InChI=1S/C16H18ClN3O4S/c1-2-10-19(11-8-14-5-3-4-9-18-14)25(23,24)16-7-6-13(17)12-15(16)20(21)22/h3-7,9,12H,2,8,10-11H2,1H3. The quantitative estimate of drug-likeness (QED) is 0.515. The molecule has 2 aromatic rings. The highest BCUT2D eigenvalue weighted by atomic mass is 35.5. The van der Waals surface area contributed by atoms with Crippen LogP contribution in [-0.2, 0) is 16.4 Å². The number of nitrogens with zero attached hydrogens (tertiary/aromatic N) is 3. The number of halogens is 1. The van der Waals surface area contributed by atoms with Crippen molar-refractivity contribution < 1.29 is 13.3 Å². The van der Waals surface area contributed by atoms with E-state index in [2.05, 4.69) is 4.98 Å². The highest BCUT2D eigenvalue weighted by molar-refractivity contribution is 7.89. The van der Waals surface area contributed by atoms with Gasteiger partial charge in [0.15, 0.2) is 4.90 Å². The van der Waals surface area contributed by atoms with Crippen molar-refractivity contribution in [2.24, 2.45) is 0 Å². The third-order valence-corrected chi connectivity index (χ3v) is 5.73. The summed E-state index contributed by atoms with van der Waals surface area (Å²) in [4.78, 5) is 14.3. The summed E-state index contributed by atoms with van der Waals surface area (Å²) in [7, 11) is -4.02. The van der Waals surface area contributed by atoms with E-state index in [1.807, 2.05) is 19.1 Å². The van der Waals surface area contributed by atoms with Gasteiger partial charge in [-0.25, -0.2) is 8.42 Å². The molecule has 0 saturated heterocycles. The number of hydrogen-bond acceptors (Lipinski definition) is 5. The Hall–Kier alpha value is -2.03. The Balaban J connectivity index is 2.34. The predicted octanol–water partition coefficient (Wildman–Crippen LogP) is 3.29. The van der Waals surface area contributed by atoms with Gasteiger partial charge in [-0.2, -0.15) is 4.31 Å². The lowest BCUT2D eigenvalue weighted by atomic mass is 10.3. The number of rotatable bonds is 8. The van der Waals surface area contributed by atoms with E-state index in [-0.39, 0.29) is 23.0 Å². The van der Waals surface area contributed by atoms with Crippen LogP contribution in [0.25, 0.3) is 0 Å². The lowest BCUT2D eigenvalue weighted by Crippen LogP contribution is -2.34. The Morgan fingerprint density at radius 1 is 1.24 bits per heavy atom. The summed E-state index contributed by atoms with van der Waals surface area (Å²) < 4.78 is 27.1. The van der Waals surface area contributed by atoms with Crippen molar-refractivity contribution in [1.82, 2.24) is 9.29 Å². The number of sulfonamides is 1. The molecule has 0 atom stereocenters. The van der Waals surface area contributed by atoms with E-state index < -0.39 is 20.6 Å². The van der Waals surface area contributed by atoms with Gasteiger partial charge in [-0.1, -0.05) is 24.6 Å². The molecular weight excluding hydrogens is 366 g/mol. The van der Waals surface area contributed by atoms with Gasteiger partial charge in [0, 0.05) is 42.5 Å². The molecule has 1 heterocycles. The van der Waals surface area contributed by atoms with Crippen LogP contribution in [0.3, 0.4) is 0 Å². The van der Waals surface area contributed by atoms with E-state index in [1.54, 1.807) is 12.3 Å². The molecule has 0 fully saturated rings. The van der Waals surface area contributed by atoms with Crippen molar-refractivity contribution in [3.63, 3.8) is 0 Å². The molecule has 0 spiro atoms. The fourth-order valence-corrected chi connectivity index (χ4v) is 4.21. The molecule has 0 amide bonds. The summed E-state index contributed by atoms with van der Waals surface area (Å²) in [5, 5.41) is 11.3. The van der Waals surface area contributed by atoms with Crippen molar-refractivity contribution >= 4 is 27.3 Å². The summed E-state index contributed by atoms with van der Waals surface area (Å²) >= 11 is 5.77. The maximum atomic E-state index is 12.9.